The Morgan fingerprint density at radius 1 is 0.867 bits per heavy atom. The van der Waals surface area contributed by atoms with Gasteiger partial charge in [0, 0.05) is 0 Å². The fourth-order valence-electron chi connectivity index (χ4n) is 2.44. The van der Waals surface area contributed by atoms with Crippen molar-refractivity contribution in [1.29, 1.82) is 0 Å². The number of hydrogen-bond acceptors (Lipinski definition) is 8. The number of hydrogen-bond donors (Lipinski definition) is 7. The zero-order chi connectivity index (χ0) is 23.1. The first-order chi connectivity index (χ1) is 14.2. The molecule has 0 aliphatic heterocycles. The van der Waals surface area contributed by atoms with Gasteiger partial charge in [0.15, 0.2) is 0 Å². The summed E-state index contributed by atoms with van der Waals surface area (Å²) in [5, 5.41) is 25.3. The molecule has 0 saturated carbocycles. The predicted octanol–water partition coefficient (Wildman–Crippen LogP) is -2.16. The summed E-state index contributed by atoms with van der Waals surface area (Å²) in [6, 6.07) is -3.68. The average Bonchev–Trinajstić information content (AvgIpc) is 2.68. The maximum absolute atomic E-state index is 12.6. The number of thioether (sulfide) groups is 1. The molecule has 0 aromatic carbocycles. The Morgan fingerprint density at radius 3 is 1.97 bits per heavy atom. The lowest BCUT2D eigenvalue weighted by Gasteiger charge is -2.24. The average molecular weight is 450 g/mol. The first kappa shape index (κ1) is 27.6. The first-order valence-electron chi connectivity index (χ1n) is 9.40. The molecule has 3 unspecified atom stereocenters. The van der Waals surface area contributed by atoms with E-state index in [2.05, 4.69) is 16.0 Å². The second-order valence-corrected chi connectivity index (χ2v) is 7.43. The Morgan fingerprint density at radius 2 is 1.47 bits per heavy atom. The highest BCUT2D eigenvalue weighted by Gasteiger charge is 2.30. The smallest absolute Gasteiger partial charge is 0.326 e. The van der Waals surface area contributed by atoms with Gasteiger partial charge in [0.1, 0.15) is 18.1 Å². The molecule has 0 heterocycles. The van der Waals surface area contributed by atoms with Crippen LogP contribution in [-0.2, 0) is 24.0 Å². The highest BCUT2D eigenvalue weighted by atomic mass is 32.2. The van der Waals surface area contributed by atoms with Crippen molar-refractivity contribution >= 4 is 41.4 Å². The Balaban J connectivity index is 5.26. The van der Waals surface area contributed by atoms with Gasteiger partial charge < -0.3 is 37.6 Å². The number of carbonyl (C=O) groups excluding carboxylic acids is 3. The lowest BCUT2D eigenvalue weighted by Crippen LogP contribution is -2.56. The van der Waals surface area contributed by atoms with Gasteiger partial charge in [-0.05, 0) is 44.2 Å². The first-order valence-corrected chi connectivity index (χ1v) is 10.8. The largest absolute Gasteiger partial charge is 0.481 e. The Kier molecular flexibility index (Phi) is 14.2. The number of carbonyl (C=O) groups is 5. The van der Waals surface area contributed by atoms with E-state index >= 15 is 0 Å². The van der Waals surface area contributed by atoms with E-state index in [9.17, 15) is 29.1 Å². The summed E-state index contributed by atoms with van der Waals surface area (Å²) in [7, 11) is 0. The molecule has 0 fully saturated rings. The van der Waals surface area contributed by atoms with Crippen LogP contribution in [0.2, 0.25) is 0 Å². The number of amides is 3. The number of carboxylic acid groups (broad SMARTS) is 2. The number of carboxylic acids is 2. The fraction of sp³-hybridized carbons (Fsp3) is 0.706. The summed E-state index contributed by atoms with van der Waals surface area (Å²) in [5.74, 6) is -4.39. The quantitative estimate of drug-likeness (QED) is 0.127. The molecule has 13 heteroatoms. The number of aliphatic carboxylic acids is 2. The van der Waals surface area contributed by atoms with Crippen molar-refractivity contribution < 1.29 is 34.2 Å². The molecule has 0 saturated heterocycles. The van der Waals surface area contributed by atoms with Crippen LogP contribution in [0.5, 0.6) is 0 Å². The third kappa shape index (κ3) is 11.6. The lowest BCUT2D eigenvalue weighted by molar-refractivity contribution is -0.143. The van der Waals surface area contributed by atoms with E-state index in [1.807, 2.05) is 0 Å². The van der Waals surface area contributed by atoms with Gasteiger partial charge in [-0.3, -0.25) is 19.2 Å². The zero-order valence-electron chi connectivity index (χ0n) is 16.9. The minimum Gasteiger partial charge on any atom is -0.481 e. The minimum atomic E-state index is -1.43. The molecular weight excluding hydrogens is 418 g/mol. The predicted molar refractivity (Wildman–Crippen MR) is 111 cm³/mol. The molecule has 0 radical (unpaired) electrons. The molecule has 0 spiro atoms. The summed E-state index contributed by atoms with van der Waals surface area (Å²) >= 11 is 1.41. The van der Waals surface area contributed by atoms with E-state index in [-0.39, 0.29) is 12.8 Å². The highest BCUT2D eigenvalue weighted by molar-refractivity contribution is 7.98. The van der Waals surface area contributed by atoms with E-state index in [0.717, 1.165) is 0 Å². The summed E-state index contributed by atoms with van der Waals surface area (Å²) in [5.41, 5.74) is 10.6. The molecule has 172 valence electrons. The Labute approximate surface area is 178 Å². The molecule has 0 rings (SSSR count). The van der Waals surface area contributed by atoms with Gasteiger partial charge in [-0.2, -0.15) is 11.8 Å². The molecule has 30 heavy (non-hydrogen) atoms. The van der Waals surface area contributed by atoms with E-state index in [0.29, 0.717) is 25.1 Å². The molecule has 0 aromatic rings. The van der Waals surface area contributed by atoms with Gasteiger partial charge >= 0.3 is 11.9 Å². The van der Waals surface area contributed by atoms with Crippen molar-refractivity contribution in [2.24, 2.45) is 11.5 Å². The zero-order valence-corrected chi connectivity index (χ0v) is 17.7. The van der Waals surface area contributed by atoms with Gasteiger partial charge in [-0.15, -0.1) is 0 Å². The summed E-state index contributed by atoms with van der Waals surface area (Å²) in [6.07, 6.45) is 2.54. The van der Waals surface area contributed by atoms with E-state index < -0.39 is 60.8 Å². The SMILES string of the molecule is CSCCC(NC(=O)C(CC(=O)O)NC(=O)CN)C(=O)NC(CCCCN)C(=O)O. The van der Waals surface area contributed by atoms with Gasteiger partial charge in [0.25, 0.3) is 0 Å². The number of unbranched alkanes of at least 4 members (excludes halogenated alkanes) is 1. The van der Waals surface area contributed by atoms with Crippen LogP contribution in [0.15, 0.2) is 0 Å². The third-order valence-electron chi connectivity index (χ3n) is 4.02. The maximum Gasteiger partial charge on any atom is 0.326 e. The number of nitrogens with two attached hydrogens (primary N) is 2. The van der Waals surface area contributed by atoms with Crippen molar-refractivity contribution in [3.05, 3.63) is 0 Å². The molecule has 0 aliphatic carbocycles. The van der Waals surface area contributed by atoms with Crippen LogP contribution < -0.4 is 27.4 Å². The second-order valence-electron chi connectivity index (χ2n) is 6.45. The molecule has 3 atom stereocenters. The van der Waals surface area contributed by atoms with Crippen molar-refractivity contribution in [3.8, 4) is 0 Å². The van der Waals surface area contributed by atoms with Crippen LogP contribution in [0.25, 0.3) is 0 Å². The molecule has 9 N–H and O–H groups in total. The second kappa shape index (κ2) is 15.5. The van der Waals surface area contributed by atoms with E-state index in [1.54, 1.807) is 6.26 Å². The maximum atomic E-state index is 12.6. The van der Waals surface area contributed by atoms with Crippen molar-refractivity contribution in [2.45, 2.75) is 50.2 Å². The van der Waals surface area contributed by atoms with Crippen molar-refractivity contribution in [1.82, 2.24) is 16.0 Å². The van der Waals surface area contributed by atoms with Crippen LogP contribution in [-0.4, -0.2) is 83.1 Å². The van der Waals surface area contributed by atoms with Crippen LogP contribution in [0, 0.1) is 0 Å². The van der Waals surface area contributed by atoms with Crippen molar-refractivity contribution in [2.75, 3.05) is 25.1 Å². The highest BCUT2D eigenvalue weighted by Crippen LogP contribution is 2.06. The molecule has 0 aliphatic rings. The van der Waals surface area contributed by atoms with Gasteiger partial charge in [-0.1, -0.05) is 0 Å². The molecule has 12 nitrogen and oxygen atoms in total. The van der Waals surface area contributed by atoms with Crippen LogP contribution in [0.3, 0.4) is 0 Å². The van der Waals surface area contributed by atoms with Crippen molar-refractivity contribution in [3.63, 3.8) is 0 Å². The van der Waals surface area contributed by atoms with E-state index in [4.69, 9.17) is 16.6 Å². The van der Waals surface area contributed by atoms with E-state index in [1.165, 1.54) is 11.8 Å². The summed E-state index contributed by atoms with van der Waals surface area (Å²) in [6.45, 7) is -0.0466. The fourth-order valence-corrected chi connectivity index (χ4v) is 2.91. The topological polar surface area (TPSA) is 214 Å². The molecule has 3 amide bonds. The summed E-state index contributed by atoms with van der Waals surface area (Å²) < 4.78 is 0. The van der Waals surface area contributed by atoms with Gasteiger partial charge in [-0.25, -0.2) is 4.79 Å². The Hall–Kier alpha value is -2.38. The standard InChI is InChI=1S/C17H31N5O7S/c1-30-7-5-10(15(26)22-11(17(28)29)4-2-3-6-18)21-16(27)12(8-14(24)25)20-13(23)9-19/h10-12H,2-9,18-19H2,1H3,(H,20,23)(H,21,27)(H,22,26)(H,24,25)(H,28,29). The molecule has 0 aromatic heterocycles. The number of nitrogens with one attached hydrogen (secondary N) is 3. The normalized spacial score (nSPS) is 13.6. The summed E-state index contributed by atoms with van der Waals surface area (Å²) in [4.78, 5) is 59.0. The van der Waals surface area contributed by atoms with Crippen LogP contribution >= 0.6 is 11.8 Å². The Bertz CT molecular complexity index is 605. The number of rotatable bonds is 16. The molecular formula is C17H31N5O7S. The van der Waals surface area contributed by atoms with Gasteiger partial charge in [0.05, 0.1) is 13.0 Å². The van der Waals surface area contributed by atoms with Crippen LogP contribution in [0.4, 0.5) is 0 Å². The monoisotopic (exact) mass is 449 g/mol. The third-order valence-corrected chi connectivity index (χ3v) is 4.66. The van der Waals surface area contributed by atoms with Crippen LogP contribution in [0.1, 0.15) is 32.1 Å². The van der Waals surface area contributed by atoms with Gasteiger partial charge in [0.2, 0.25) is 17.7 Å². The lowest BCUT2D eigenvalue weighted by atomic mass is 10.1. The minimum absolute atomic E-state index is 0.176. The molecule has 0 bridgehead atoms.